The van der Waals surface area contributed by atoms with Crippen molar-refractivity contribution in [2.45, 2.75) is 25.6 Å². The predicted molar refractivity (Wildman–Crippen MR) is 74.3 cm³/mol. The highest BCUT2D eigenvalue weighted by molar-refractivity contribution is 9.10. The van der Waals surface area contributed by atoms with Crippen LogP contribution in [0.1, 0.15) is 29.8 Å². The number of nitrogens with one attached hydrogen (secondary N) is 1. The number of amides is 1. The lowest BCUT2D eigenvalue weighted by Crippen LogP contribution is -2.27. The van der Waals surface area contributed by atoms with Crippen LogP contribution in [-0.2, 0) is 4.79 Å². The van der Waals surface area contributed by atoms with Crippen LogP contribution in [0.4, 0.5) is 5.69 Å². The summed E-state index contributed by atoms with van der Waals surface area (Å²) in [6.07, 6.45) is 0. The molecule has 1 atom stereocenters. The number of carbonyl (C=O) groups is 2. The Kier molecular flexibility index (Phi) is 4.90. The molecule has 0 heterocycles. The molecule has 0 saturated heterocycles. The molecule has 1 aromatic rings. The highest BCUT2D eigenvalue weighted by atomic mass is 79.9. The number of hydrogen-bond donors (Lipinski definition) is 2. The summed E-state index contributed by atoms with van der Waals surface area (Å²) in [6.45, 7) is 5.68. The van der Waals surface area contributed by atoms with Crippen molar-refractivity contribution in [2.24, 2.45) is 5.92 Å². The fourth-order valence-corrected chi connectivity index (χ4v) is 1.51. The number of carbonyl (C=O) groups excluding carboxylic acids is 1. The Hall–Kier alpha value is -1.36. The van der Waals surface area contributed by atoms with Crippen molar-refractivity contribution in [3.8, 4) is 0 Å². The van der Waals surface area contributed by atoms with Gasteiger partial charge in [-0.3, -0.25) is 4.79 Å². The standard InChI is InChI=1S/C13H16BrNO3/c1-7(2)11(14)12(16)15-10-6-9(13(17)18)5-4-8(10)3/h4-7,11H,1-3H3,(H,15,16)(H,17,18). The minimum atomic E-state index is -1.01. The van der Waals surface area contributed by atoms with Gasteiger partial charge < -0.3 is 10.4 Å². The van der Waals surface area contributed by atoms with Crippen LogP contribution in [0, 0.1) is 12.8 Å². The van der Waals surface area contributed by atoms with E-state index in [1.54, 1.807) is 6.07 Å². The van der Waals surface area contributed by atoms with Gasteiger partial charge in [-0.15, -0.1) is 0 Å². The zero-order valence-corrected chi connectivity index (χ0v) is 12.1. The number of carboxylic acids is 1. The molecule has 0 spiro atoms. The Morgan fingerprint density at radius 3 is 2.44 bits per heavy atom. The van der Waals surface area contributed by atoms with Crippen molar-refractivity contribution < 1.29 is 14.7 Å². The van der Waals surface area contributed by atoms with Crippen LogP contribution in [-0.4, -0.2) is 21.8 Å². The van der Waals surface area contributed by atoms with E-state index in [1.807, 2.05) is 20.8 Å². The third-order valence-electron chi connectivity index (χ3n) is 2.58. The van der Waals surface area contributed by atoms with Crippen molar-refractivity contribution in [1.82, 2.24) is 0 Å². The molecule has 1 aromatic carbocycles. The summed E-state index contributed by atoms with van der Waals surface area (Å²) in [5, 5.41) is 11.6. The van der Waals surface area contributed by atoms with E-state index in [0.29, 0.717) is 5.69 Å². The van der Waals surface area contributed by atoms with E-state index >= 15 is 0 Å². The molecule has 98 valence electrons. The normalized spacial score (nSPS) is 12.3. The van der Waals surface area contributed by atoms with E-state index in [0.717, 1.165) is 5.56 Å². The SMILES string of the molecule is Cc1ccc(C(=O)O)cc1NC(=O)C(Br)C(C)C. The van der Waals surface area contributed by atoms with Crippen molar-refractivity contribution in [3.63, 3.8) is 0 Å². The molecular formula is C13H16BrNO3. The minimum absolute atomic E-state index is 0.159. The molecule has 0 aliphatic rings. The van der Waals surface area contributed by atoms with E-state index in [9.17, 15) is 9.59 Å². The average molecular weight is 314 g/mol. The number of carboxylic acid groups (broad SMARTS) is 1. The molecule has 1 amide bonds. The lowest BCUT2D eigenvalue weighted by Gasteiger charge is -2.15. The molecule has 0 radical (unpaired) electrons. The van der Waals surface area contributed by atoms with Gasteiger partial charge in [-0.25, -0.2) is 4.79 Å². The van der Waals surface area contributed by atoms with E-state index in [2.05, 4.69) is 21.2 Å². The fraction of sp³-hybridized carbons (Fsp3) is 0.385. The second kappa shape index (κ2) is 6.00. The molecule has 4 nitrogen and oxygen atoms in total. The molecule has 0 fully saturated rings. The van der Waals surface area contributed by atoms with Crippen LogP contribution in [0.5, 0.6) is 0 Å². The second-order valence-corrected chi connectivity index (χ2v) is 5.46. The van der Waals surface area contributed by atoms with Crippen molar-refractivity contribution in [2.75, 3.05) is 5.32 Å². The molecule has 0 aliphatic carbocycles. The molecular weight excluding hydrogens is 298 g/mol. The third-order valence-corrected chi connectivity index (χ3v) is 4.05. The maximum absolute atomic E-state index is 11.9. The summed E-state index contributed by atoms with van der Waals surface area (Å²) >= 11 is 3.31. The van der Waals surface area contributed by atoms with Gasteiger partial charge in [-0.05, 0) is 30.5 Å². The van der Waals surface area contributed by atoms with Gasteiger partial charge >= 0.3 is 5.97 Å². The summed E-state index contributed by atoms with van der Waals surface area (Å²) in [5.74, 6) is -1.02. The monoisotopic (exact) mass is 313 g/mol. The van der Waals surface area contributed by atoms with Gasteiger partial charge in [0.2, 0.25) is 5.91 Å². The molecule has 18 heavy (non-hydrogen) atoms. The molecule has 5 heteroatoms. The number of aryl methyl sites for hydroxylation is 1. The van der Waals surface area contributed by atoms with Crippen molar-refractivity contribution in [3.05, 3.63) is 29.3 Å². The van der Waals surface area contributed by atoms with E-state index < -0.39 is 5.97 Å². The van der Waals surface area contributed by atoms with E-state index in [4.69, 9.17) is 5.11 Å². The quantitative estimate of drug-likeness (QED) is 0.840. The first-order valence-corrected chi connectivity index (χ1v) is 6.53. The topological polar surface area (TPSA) is 66.4 Å². The average Bonchev–Trinajstić information content (AvgIpc) is 2.30. The lowest BCUT2D eigenvalue weighted by molar-refractivity contribution is -0.116. The van der Waals surface area contributed by atoms with E-state index in [-0.39, 0.29) is 22.2 Å². The smallest absolute Gasteiger partial charge is 0.335 e. The van der Waals surface area contributed by atoms with Gasteiger partial charge in [0.15, 0.2) is 0 Å². The highest BCUT2D eigenvalue weighted by Crippen LogP contribution is 2.20. The summed E-state index contributed by atoms with van der Waals surface area (Å²) < 4.78 is 0. The molecule has 0 bridgehead atoms. The van der Waals surface area contributed by atoms with E-state index in [1.165, 1.54) is 12.1 Å². The van der Waals surface area contributed by atoms with Crippen LogP contribution < -0.4 is 5.32 Å². The number of anilines is 1. The highest BCUT2D eigenvalue weighted by Gasteiger charge is 2.19. The number of hydrogen-bond acceptors (Lipinski definition) is 2. The third kappa shape index (κ3) is 3.57. The van der Waals surface area contributed by atoms with Crippen LogP contribution >= 0.6 is 15.9 Å². The van der Waals surface area contributed by atoms with Gasteiger partial charge in [0.25, 0.3) is 0 Å². The van der Waals surface area contributed by atoms with Gasteiger partial charge in [0.1, 0.15) is 0 Å². The Labute approximate surface area is 115 Å². The summed E-state index contributed by atoms with van der Waals surface area (Å²) in [4.78, 5) is 22.5. The molecule has 2 N–H and O–H groups in total. The van der Waals surface area contributed by atoms with Gasteiger partial charge in [0, 0.05) is 5.69 Å². The summed E-state index contributed by atoms with van der Waals surface area (Å²) in [7, 11) is 0. The Morgan fingerprint density at radius 1 is 1.33 bits per heavy atom. The number of aromatic carboxylic acids is 1. The summed E-state index contributed by atoms with van der Waals surface area (Å²) in [5.41, 5.74) is 1.52. The van der Waals surface area contributed by atoms with Gasteiger partial charge in [-0.1, -0.05) is 35.8 Å². The van der Waals surface area contributed by atoms with Gasteiger partial charge in [-0.2, -0.15) is 0 Å². The number of halogens is 1. The zero-order chi connectivity index (χ0) is 13.9. The van der Waals surface area contributed by atoms with Crippen LogP contribution in [0.3, 0.4) is 0 Å². The van der Waals surface area contributed by atoms with Crippen molar-refractivity contribution >= 4 is 33.5 Å². The maximum Gasteiger partial charge on any atom is 0.335 e. The van der Waals surface area contributed by atoms with Crippen molar-refractivity contribution in [1.29, 1.82) is 0 Å². The maximum atomic E-state index is 11.9. The van der Waals surface area contributed by atoms with Crippen LogP contribution in [0.2, 0.25) is 0 Å². The first-order chi connectivity index (χ1) is 8.32. The number of benzene rings is 1. The summed E-state index contributed by atoms with van der Waals surface area (Å²) in [6, 6.07) is 4.66. The number of rotatable bonds is 4. The van der Waals surface area contributed by atoms with Crippen LogP contribution in [0.25, 0.3) is 0 Å². The largest absolute Gasteiger partial charge is 0.478 e. The molecule has 0 saturated carbocycles. The van der Waals surface area contributed by atoms with Crippen LogP contribution in [0.15, 0.2) is 18.2 Å². The Balaban J connectivity index is 2.93. The molecule has 1 unspecified atom stereocenters. The fourth-order valence-electron chi connectivity index (χ4n) is 1.39. The minimum Gasteiger partial charge on any atom is -0.478 e. The molecule has 1 rings (SSSR count). The first-order valence-electron chi connectivity index (χ1n) is 5.61. The predicted octanol–water partition coefficient (Wildman–Crippen LogP) is 3.05. The lowest BCUT2D eigenvalue weighted by atomic mass is 10.1. The number of alkyl halides is 1. The Bertz CT molecular complexity index is 471. The second-order valence-electron chi connectivity index (χ2n) is 4.47. The first kappa shape index (κ1) is 14.7. The zero-order valence-electron chi connectivity index (χ0n) is 10.5. The molecule has 0 aliphatic heterocycles. The Morgan fingerprint density at radius 2 is 1.94 bits per heavy atom. The van der Waals surface area contributed by atoms with Gasteiger partial charge in [0.05, 0.1) is 10.4 Å². The molecule has 0 aromatic heterocycles.